The molecule has 0 aromatic carbocycles. The third kappa shape index (κ3) is 5.94. The SMILES string of the molecule is CC#CCCOc1ccc(CNCCC)nc1. The minimum Gasteiger partial charge on any atom is -0.491 e. The van der Waals surface area contributed by atoms with Crippen molar-refractivity contribution in [1.82, 2.24) is 10.3 Å². The van der Waals surface area contributed by atoms with Gasteiger partial charge in [-0.2, -0.15) is 0 Å². The summed E-state index contributed by atoms with van der Waals surface area (Å²) in [4.78, 5) is 4.33. The molecule has 92 valence electrons. The summed E-state index contributed by atoms with van der Waals surface area (Å²) in [5, 5.41) is 3.31. The van der Waals surface area contributed by atoms with Crippen LogP contribution in [0.5, 0.6) is 5.75 Å². The van der Waals surface area contributed by atoms with E-state index in [-0.39, 0.29) is 0 Å². The summed E-state index contributed by atoms with van der Waals surface area (Å²) in [6.07, 6.45) is 3.66. The van der Waals surface area contributed by atoms with Gasteiger partial charge in [0.05, 0.1) is 18.5 Å². The summed E-state index contributed by atoms with van der Waals surface area (Å²) < 4.78 is 5.50. The van der Waals surface area contributed by atoms with Gasteiger partial charge < -0.3 is 10.1 Å². The molecule has 0 atom stereocenters. The van der Waals surface area contributed by atoms with Crippen molar-refractivity contribution in [2.24, 2.45) is 0 Å². The van der Waals surface area contributed by atoms with Crippen molar-refractivity contribution >= 4 is 0 Å². The van der Waals surface area contributed by atoms with E-state index in [1.54, 1.807) is 6.20 Å². The first-order chi connectivity index (χ1) is 8.36. The highest BCUT2D eigenvalue weighted by atomic mass is 16.5. The van der Waals surface area contributed by atoms with E-state index in [1.807, 2.05) is 19.1 Å². The Morgan fingerprint density at radius 3 is 2.94 bits per heavy atom. The zero-order valence-electron chi connectivity index (χ0n) is 10.6. The molecule has 1 heterocycles. The number of nitrogens with zero attached hydrogens (tertiary/aromatic N) is 1. The van der Waals surface area contributed by atoms with E-state index in [0.717, 1.165) is 37.4 Å². The van der Waals surface area contributed by atoms with Crippen LogP contribution in [-0.4, -0.2) is 18.1 Å². The maximum atomic E-state index is 5.50. The summed E-state index contributed by atoms with van der Waals surface area (Å²) in [6.45, 7) is 6.44. The molecule has 1 aromatic rings. The van der Waals surface area contributed by atoms with Gasteiger partial charge in [-0.3, -0.25) is 4.98 Å². The number of rotatable bonds is 7. The Hall–Kier alpha value is -1.53. The predicted octanol–water partition coefficient (Wildman–Crippen LogP) is 2.37. The molecule has 17 heavy (non-hydrogen) atoms. The minimum absolute atomic E-state index is 0.621. The van der Waals surface area contributed by atoms with Crippen LogP contribution in [0, 0.1) is 11.8 Å². The Morgan fingerprint density at radius 2 is 2.29 bits per heavy atom. The van der Waals surface area contributed by atoms with E-state index in [2.05, 4.69) is 29.1 Å². The number of nitrogens with one attached hydrogen (secondary N) is 1. The molecular weight excluding hydrogens is 212 g/mol. The molecule has 0 amide bonds. The van der Waals surface area contributed by atoms with Gasteiger partial charge >= 0.3 is 0 Å². The van der Waals surface area contributed by atoms with Crippen LogP contribution in [-0.2, 0) is 6.54 Å². The van der Waals surface area contributed by atoms with Crippen LogP contribution in [0.1, 0.15) is 32.4 Å². The van der Waals surface area contributed by atoms with E-state index in [1.165, 1.54) is 0 Å². The molecule has 0 saturated carbocycles. The maximum Gasteiger partial charge on any atom is 0.137 e. The van der Waals surface area contributed by atoms with E-state index in [0.29, 0.717) is 6.61 Å². The fraction of sp³-hybridized carbons (Fsp3) is 0.500. The third-order valence-corrected chi connectivity index (χ3v) is 2.20. The first-order valence-electron chi connectivity index (χ1n) is 6.05. The number of ether oxygens (including phenoxy) is 1. The van der Waals surface area contributed by atoms with Gasteiger partial charge in [-0.05, 0) is 32.0 Å². The molecule has 0 aliphatic carbocycles. The quantitative estimate of drug-likeness (QED) is 0.579. The van der Waals surface area contributed by atoms with Gasteiger partial charge in [-0.25, -0.2) is 0 Å². The van der Waals surface area contributed by atoms with Crippen LogP contribution in [0.15, 0.2) is 18.3 Å². The summed E-state index contributed by atoms with van der Waals surface area (Å²) in [5.41, 5.74) is 1.04. The number of aromatic nitrogens is 1. The van der Waals surface area contributed by atoms with E-state index in [4.69, 9.17) is 4.74 Å². The first-order valence-corrected chi connectivity index (χ1v) is 6.05. The summed E-state index contributed by atoms with van der Waals surface area (Å²) in [7, 11) is 0. The molecule has 0 aliphatic heterocycles. The highest BCUT2D eigenvalue weighted by Crippen LogP contribution is 2.09. The Bertz CT molecular complexity index is 362. The molecule has 0 spiro atoms. The summed E-state index contributed by atoms with van der Waals surface area (Å²) in [5.74, 6) is 6.60. The van der Waals surface area contributed by atoms with Crippen LogP contribution in [0.25, 0.3) is 0 Å². The van der Waals surface area contributed by atoms with Crippen molar-refractivity contribution in [3.63, 3.8) is 0 Å². The van der Waals surface area contributed by atoms with Gasteiger partial charge in [0.1, 0.15) is 5.75 Å². The molecule has 1 N–H and O–H groups in total. The second-order valence-corrected chi connectivity index (χ2v) is 3.69. The van der Waals surface area contributed by atoms with Crippen molar-refractivity contribution in [2.45, 2.75) is 33.2 Å². The molecule has 0 saturated heterocycles. The highest BCUT2D eigenvalue weighted by molar-refractivity contribution is 5.19. The minimum atomic E-state index is 0.621. The van der Waals surface area contributed by atoms with Gasteiger partial charge in [-0.15, -0.1) is 11.8 Å². The summed E-state index contributed by atoms with van der Waals surface area (Å²) >= 11 is 0. The van der Waals surface area contributed by atoms with Gasteiger partial charge in [0.25, 0.3) is 0 Å². The van der Waals surface area contributed by atoms with Crippen molar-refractivity contribution in [3.8, 4) is 17.6 Å². The number of hydrogen-bond acceptors (Lipinski definition) is 3. The lowest BCUT2D eigenvalue weighted by Gasteiger charge is -2.05. The lowest BCUT2D eigenvalue weighted by Crippen LogP contribution is -2.14. The monoisotopic (exact) mass is 232 g/mol. The van der Waals surface area contributed by atoms with Gasteiger partial charge in [0, 0.05) is 13.0 Å². The van der Waals surface area contributed by atoms with Crippen LogP contribution in [0.2, 0.25) is 0 Å². The zero-order chi connectivity index (χ0) is 12.3. The molecule has 0 fully saturated rings. The Kier molecular flexibility index (Phi) is 6.85. The fourth-order valence-electron chi connectivity index (χ4n) is 1.34. The number of pyridine rings is 1. The molecule has 1 aromatic heterocycles. The smallest absolute Gasteiger partial charge is 0.137 e. The predicted molar refractivity (Wildman–Crippen MR) is 69.8 cm³/mol. The molecular formula is C14H20N2O. The molecule has 0 radical (unpaired) electrons. The standard InChI is InChI=1S/C14H20N2O/c1-3-5-6-10-17-14-8-7-13(16-12-14)11-15-9-4-2/h7-8,12,15H,4,6,9-11H2,1-2H3. The average molecular weight is 232 g/mol. The molecule has 0 bridgehead atoms. The lowest BCUT2D eigenvalue weighted by atomic mass is 10.3. The maximum absolute atomic E-state index is 5.50. The Morgan fingerprint density at radius 1 is 1.41 bits per heavy atom. The largest absolute Gasteiger partial charge is 0.491 e. The van der Waals surface area contributed by atoms with Crippen LogP contribution >= 0.6 is 0 Å². The van der Waals surface area contributed by atoms with Gasteiger partial charge in [-0.1, -0.05) is 6.92 Å². The van der Waals surface area contributed by atoms with E-state index in [9.17, 15) is 0 Å². The Balaban J connectivity index is 2.30. The fourth-order valence-corrected chi connectivity index (χ4v) is 1.34. The highest BCUT2D eigenvalue weighted by Gasteiger charge is 1.96. The second-order valence-electron chi connectivity index (χ2n) is 3.69. The van der Waals surface area contributed by atoms with Crippen LogP contribution in [0.4, 0.5) is 0 Å². The second kappa shape index (κ2) is 8.60. The first kappa shape index (κ1) is 13.5. The van der Waals surface area contributed by atoms with Gasteiger partial charge in [0.2, 0.25) is 0 Å². The van der Waals surface area contributed by atoms with Crippen LogP contribution < -0.4 is 10.1 Å². The van der Waals surface area contributed by atoms with E-state index < -0.39 is 0 Å². The average Bonchev–Trinajstić information content (AvgIpc) is 2.37. The van der Waals surface area contributed by atoms with Crippen molar-refractivity contribution in [1.29, 1.82) is 0 Å². The topological polar surface area (TPSA) is 34.1 Å². The molecule has 1 rings (SSSR count). The zero-order valence-corrected chi connectivity index (χ0v) is 10.6. The third-order valence-electron chi connectivity index (χ3n) is 2.20. The molecule has 3 nitrogen and oxygen atoms in total. The Labute approximate surface area is 104 Å². The normalized spacial score (nSPS) is 9.53. The van der Waals surface area contributed by atoms with Crippen molar-refractivity contribution < 1.29 is 4.74 Å². The number of hydrogen-bond donors (Lipinski definition) is 1. The molecule has 0 unspecified atom stereocenters. The van der Waals surface area contributed by atoms with Crippen molar-refractivity contribution in [3.05, 3.63) is 24.0 Å². The van der Waals surface area contributed by atoms with E-state index >= 15 is 0 Å². The summed E-state index contributed by atoms with van der Waals surface area (Å²) in [6, 6.07) is 3.94. The molecule has 3 heteroatoms. The molecule has 0 aliphatic rings. The van der Waals surface area contributed by atoms with Crippen LogP contribution in [0.3, 0.4) is 0 Å². The van der Waals surface area contributed by atoms with Crippen molar-refractivity contribution in [2.75, 3.05) is 13.2 Å². The lowest BCUT2D eigenvalue weighted by molar-refractivity contribution is 0.325. The van der Waals surface area contributed by atoms with Gasteiger partial charge in [0.15, 0.2) is 0 Å².